The normalized spacial score (nSPS) is 9.70. The summed E-state index contributed by atoms with van der Waals surface area (Å²) in [6, 6.07) is 5.04. The summed E-state index contributed by atoms with van der Waals surface area (Å²) in [4.78, 5) is 0. The fraction of sp³-hybridized carbons (Fsp3) is 0. The van der Waals surface area contributed by atoms with Crippen molar-refractivity contribution in [2.45, 2.75) is 0 Å². The second-order valence-electron chi connectivity index (χ2n) is 2.21. The van der Waals surface area contributed by atoms with Crippen LogP contribution in [0.2, 0.25) is 0 Å². The predicted molar refractivity (Wildman–Crippen MR) is 46.1 cm³/mol. The molecule has 0 saturated heterocycles. The molecule has 0 nitrogen and oxygen atoms in total. The van der Waals surface area contributed by atoms with Crippen LogP contribution < -0.4 is 5.19 Å². The maximum absolute atomic E-state index is 12.6. The molecule has 0 radical (unpaired) electrons. The zero-order valence-corrected chi connectivity index (χ0v) is 7.89. The standard InChI is InChI=1S/C8H9FSi/c1-2-6-3-4-7(9)8(10)5-6/h2-5H,1H2,10H3. The second-order valence-corrected chi connectivity index (χ2v) is 3.29. The van der Waals surface area contributed by atoms with Gasteiger partial charge < -0.3 is 0 Å². The lowest BCUT2D eigenvalue weighted by molar-refractivity contribution is 0.636. The lowest BCUT2D eigenvalue weighted by Crippen LogP contribution is -2.07. The van der Waals surface area contributed by atoms with Crippen LogP contribution in [0, 0.1) is 5.82 Å². The fourth-order valence-electron chi connectivity index (χ4n) is 0.795. The third-order valence-electron chi connectivity index (χ3n) is 1.42. The van der Waals surface area contributed by atoms with Gasteiger partial charge in [0.1, 0.15) is 5.82 Å². The summed E-state index contributed by atoms with van der Waals surface area (Å²) in [5.41, 5.74) is 0.992. The maximum atomic E-state index is 12.6. The molecule has 0 saturated carbocycles. The van der Waals surface area contributed by atoms with Crippen molar-refractivity contribution in [2.75, 3.05) is 0 Å². The first-order valence-electron chi connectivity index (χ1n) is 3.12. The number of halogens is 1. The van der Waals surface area contributed by atoms with Crippen LogP contribution in [0.3, 0.4) is 0 Å². The molecule has 0 fully saturated rings. The molecule has 2 heteroatoms. The van der Waals surface area contributed by atoms with Crippen LogP contribution in [0.5, 0.6) is 0 Å². The van der Waals surface area contributed by atoms with Gasteiger partial charge in [-0.2, -0.15) is 0 Å². The number of hydrogen-bond donors (Lipinski definition) is 0. The van der Waals surface area contributed by atoms with E-state index >= 15 is 0 Å². The van der Waals surface area contributed by atoms with Gasteiger partial charge in [0.15, 0.2) is 0 Å². The van der Waals surface area contributed by atoms with Crippen LogP contribution >= 0.6 is 0 Å². The molecule has 52 valence electrons. The summed E-state index contributed by atoms with van der Waals surface area (Å²) in [5.74, 6) is -0.0998. The Morgan fingerprint density at radius 1 is 1.50 bits per heavy atom. The van der Waals surface area contributed by atoms with Gasteiger partial charge in [-0.05, 0) is 16.8 Å². The smallest absolute Gasteiger partial charge is 0.121 e. The van der Waals surface area contributed by atoms with Crippen LogP contribution in [0.25, 0.3) is 6.08 Å². The van der Waals surface area contributed by atoms with Crippen LogP contribution in [-0.2, 0) is 0 Å². The van der Waals surface area contributed by atoms with Gasteiger partial charge in [-0.15, -0.1) is 0 Å². The van der Waals surface area contributed by atoms with E-state index in [-0.39, 0.29) is 5.82 Å². The minimum atomic E-state index is -0.0998. The molecule has 0 aromatic heterocycles. The van der Waals surface area contributed by atoms with Gasteiger partial charge in [0.05, 0.1) is 0 Å². The molecule has 0 amide bonds. The molecule has 0 unspecified atom stereocenters. The number of rotatable bonds is 1. The molecule has 0 N–H and O–H groups in total. The Kier molecular flexibility index (Phi) is 2.02. The highest BCUT2D eigenvalue weighted by Crippen LogP contribution is 1.99. The SMILES string of the molecule is C=Cc1ccc(F)c([SiH3])c1. The molecule has 0 aliphatic carbocycles. The van der Waals surface area contributed by atoms with E-state index in [9.17, 15) is 4.39 Å². The first kappa shape index (κ1) is 7.22. The average molecular weight is 152 g/mol. The molecule has 0 atom stereocenters. The van der Waals surface area contributed by atoms with Gasteiger partial charge >= 0.3 is 0 Å². The van der Waals surface area contributed by atoms with Crippen molar-refractivity contribution in [3.05, 3.63) is 36.2 Å². The molecule has 0 spiro atoms. The van der Waals surface area contributed by atoms with Crippen molar-refractivity contribution in [1.29, 1.82) is 0 Å². The summed E-state index contributed by atoms with van der Waals surface area (Å²) >= 11 is 0. The molecule has 10 heavy (non-hydrogen) atoms. The quantitative estimate of drug-likeness (QED) is 0.513. The number of hydrogen-bond acceptors (Lipinski definition) is 0. The van der Waals surface area contributed by atoms with E-state index in [0.717, 1.165) is 21.0 Å². The topological polar surface area (TPSA) is 0 Å². The van der Waals surface area contributed by atoms with E-state index in [1.807, 2.05) is 6.07 Å². The van der Waals surface area contributed by atoms with Crippen molar-refractivity contribution in [2.24, 2.45) is 0 Å². The van der Waals surface area contributed by atoms with Crippen molar-refractivity contribution in [1.82, 2.24) is 0 Å². The molecular weight excluding hydrogens is 143 g/mol. The van der Waals surface area contributed by atoms with E-state index in [0.29, 0.717) is 0 Å². The van der Waals surface area contributed by atoms with E-state index in [2.05, 4.69) is 6.58 Å². The van der Waals surface area contributed by atoms with Crippen molar-refractivity contribution in [3.8, 4) is 0 Å². The lowest BCUT2D eigenvalue weighted by atomic mass is 10.2. The van der Waals surface area contributed by atoms with E-state index in [1.54, 1.807) is 12.1 Å². The van der Waals surface area contributed by atoms with E-state index in [4.69, 9.17) is 0 Å². The monoisotopic (exact) mass is 152 g/mol. The largest absolute Gasteiger partial charge is 0.207 e. The predicted octanol–water partition coefficient (Wildman–Crippen LogP) is 0.459. The third kappa shape index (κ3) is 1.33. The van der Waals surface area contributed by atoms with Gasteiger partial charge in [-0.25, -0.2) is 4.39 Å². The van der Waals surface area contributed by atoms with Gasteiger partial charge in [0.25, 0.3) is 0 Å². The van der Waals surface area contributed by atoms with Crippen LogP contribution in [0.1, 0.15) is 5.56 Å². The van der Waals surface area contributed by atoms with Crippen LogP contribution in [0.4, 0.5) is 4.39 Å². The first-order chi connectivity index (χ1) is 4.74. The summed E-state index contributed by atoms with van der Waals surface area (Å²) in [6.45, 7) is 3.59. The van der Waals surface area contributed by atoms with Crippen LogP contribution in [0.15, 0.2) is 24.8 Å². The van der Waals surface area contributed by atoms with Crippen molar-refractivity contribution < 1.29 is 4.39 Å². The van der Waals surface area contributed by atoms with Gasteiger partial charge in [0, 0.05) is 10.2 Å². The molecule has 0 bridgehead atoms. The first-order valence-corrected chi connectivity index (χ1v) is 4.12. The second kappa shape index (κ2) is 2.79. The average Bonchev–Trinajstić information content (AvgIpc) is 1.95. The van der Waals surface area contributed by atoms with E-state index < -0.39 is 0 Å². The summed E-state index contributed by atoms with van der Waals surface area (Å²) in [7, 11) is 0.756. The molecule has 0 aliphatic rings. The minimum absolute atomic E-state index is 0.0998. The Morgan fingerprint density at radius 2 is 2.20 bits per heavy atom. The Hall–Kier alpha value is -0.893. The molecule has 1 rings (SSSR count). The maximum Gasteiger partial charge on any atom is 0.121 e. The molecule has 1 aromatic rings. The molecule has 1 aromatic carbocycles. The highest BCUT2D eigenvalue weighted by Gasteiger charge is 1.94. The summed E-state index contributed by atoms with van der Waals surface area (Å²) in [5, 5.41) is 0.803. The van der Waals surface area contributed by atoms with Gasteiger partial charge in [-0.1, -0.05) is 24.8 Å². The molecule has 0 aliphatic heterocycles. The zero-order valence-electron chi connectivity index (χ0n) is 5.89. The summed E-state index contributed by atoms with van der Waals surface area (Å²) < 4.78 is 12.6. The summed E-state index contributed by atoms with van der Waals surface area (Å²) in [6.07, 6.45) is 1.72. The Morgan fingerprint density at radius 3 is 2.70 bits per heavy atom. The number of benzene rings is 1. The van der Waals surface area contributed by atoms with E-state index in [1.165, 1.54) is 6.07 Å². The fourth-order valence-corrected chi connectivity index (χ4v) is 1.29. The Balaban J connectivity index is 3.16. The van der Waals surface area contributed by atoms with Crippen molar-refractivity contribution in [3.63, 3.8) is 0 Å². The molecular formula is C8H9FSi. The third-order valence-corrected chi connectivity index (χ3v) is 2.18. The van der Waals surface area contributed by atoms with Crippen molar-refractivity contribution >= 4 is 21.5 Å². The molecule has 0 heterocycles. The highest BCUT2D eigenvalue weighted by molar-refractivity contribution is 6.32. The lowest BCUT2D eigenvalue weighted by Gasteiger charge is -1.96. The van der Waals surface area contributed by atoms with Gasteiger partial charge in [0.2, 0.25) is 0 Å². The Labute approximate surface area is 62.8 Å². The minimum Gasteiger partial charge on any atom is -0.207 e. The Bertz CT molecular complexity index is 255. The zero-order chi connectivity index (χ0) is 7.56. The highest BCUT2D eigenvalue weighted by atomic mass is 28.1. The van der Waals surface area contributed by atoms with Crippen LogP contribution in [-0.4, -0.2) is 10.2 Å². The van der Waals surface area contributed by atoms with Gasteiger partial charge in [-0.3, -0.25) is 0 Å².